The van der Waals surface area contributed by atoms with Crippen LogP contribution in [0.5, 0.6) is 23.0 Å². The minimum Gasteiger partial charge on any atom is -0.493 e. The van der Waals surface area contributed by atoms with Gasteiger partial charge in [-0.2, -0.15) is 13.2 Å². The lowest BCUT2D eigenvalue weighted by atomic mass is 10.1. The predicted molar refractivity (Wildman–Crippen MR) is 117 cm³/mol. The zero-order valence-electron chi connectivity index (χ0n) is 19.7. The van der Waals surface area contributed by atoms with Crippen molar-refractivity contribution in [2.45, 2.75) is 19.5 Å². The molecule has 0 aliphatic carbocycles. The summed E-state index contributed by atoms with van der Waals surface area (Å²) in [4.78, 5) is 32.2. The Bertz CT molecular complexity index is 1340. The van der Waals surface area contributed by atoms with Crippen LogP contribution >= 0.6 is 0 Å². The van der Waals surface area contributed by atoms with Crippen LogP contribution in [0.3, 0.4) is 0 Å². The number of pyridine rings is 2. The van der Waals surface area contributed by atoms with Gasteiger partial charge in [-0.05, 0) is 42.8 Å². The molecule has 1 amide bonds. The molecule has 9 nitrogen and oxygen atoms in total. The second-order valence-electron chi connectivity index (χ2n) is 7.33. The Morgan fingerprint density at radius 1 is 0.921 bits per heavy atom. The molecule has 1 aromatic carbocycles. The topological polar surface area (TPSA) is 109 Å². The van der Waals surface area contributed by atoms with Gasteiger partial charge in [-0.1, -0.05) is 0 Å². The SMILES string of the molecule is COC(=O)c1cc(NC(=O)c2c(Oc3ccc(OC(F)(F)F)cc3)cnc(C(F)(F)F)c2OC)c(C)cn1. The highest BCUT2D eigenvalue weighted by Crippen LogP contribution is 2.41. The monoisotopic (exact) mass is 545 g/mol. The van der Waals surface area contributed by atoms with Crippen LogP contribution in [0.2, 0.25) is 0 Å². The Morgan fingerprint density at radius 2 is 1.55 bits per heavy atom. The van der Waals surface area contributed by atoms with E-state index in [1.807, 2.05) is 0 Å². The van der Waals surface area contributed by atoms with Crippen LogP contribution in [-0.2, 0) is 10.9 Å². The molecular formula is C23H17F6N3O6. The molecule has 0 atom stereocenters. The van der Waals surface area contributed by atoms with Crippen molar-refractivity contribution in [2.75, 3.05) is 19.5 Å². The maximum Gasteiger partial charge on any atom is 0.573 e. The fraction of sp³-hybridized carbons (Fsp3) is 0.217. The van der Waals surface area contributed by atoms with Gasteiger partial charge in [-0.15, -0.1) is 13.2 Å². The van der Waals surface area contributed by atoms with Gasteiger partial charge < -0.3 is 24.3 Å². The van der Waals surface area contributed by atoms with Gasteiger partial charge in [0.05, 0.1) is 20.4 Å². The average Bonchev–Trinajstić information content (AvgIpc) is 2.84. The van der Waals surface area contributed by atoms with Crippen molar-refractivity contribution in [1.29, 1.82) is 0 Å². The number of carbonyl (C=O) groups excluding carboxylic acids is 2. The molecule has 0 radical (unpaired) electrons. The van der Waals surface area contributed by atoms with Gasteiger partial charge in [-0.3, -0.25) is 4.79 Å². The molecule has 3 rings (SSSR count). The lowest BCUT2D eigenvalue weighted by Gasteiger charge is -2.18. The minimum atomic E-state index is -5.03. The molecular weight excluding hydrogens is 528 g/mol. The Balaban J connectivity index is 2.05. The number of amides is 1. The largest absolute Gasteiger partial charge is 0.573 e. The lowest BCUT2D eigenvalue weighted by molar-refractivity contribution is -0.274. The Kier molecular flexibility index (Phi) is 7.98. The molecule has 1 N–H and O–H groups in total. The lowest BCUT2D eigenvalue weighted by Crippen LogP contribution is -2.20. The summed E-state index contributed by atoms with van der Waals surface area (Å²) < 4.78 is 96.7. The van der Waals surface area contributed by atoms with Gasteiger partial charge in [0.15, 0.2) is 17.2 Å². The Labute approximate surface area is 210 Å². The zero-order valence-corrected chi connectivity index (χ0v) is 19.7. The number of halogens is 6. The summed E-state index contributed by atoms with van der Waals surface area (Å²) in [5.74, 6) is -4.22. The zero-order chi connectivity index (χ0) is 28.3. The first-order chi connectivity index (χ1) is 17.7. The number of aromatic nitrogens is 2. The second kappa shape index (κ2) is 10.8. The summed E-state index contributed by atoms with van der Waals surface area (Å²) in [5.41, 5.74) is -2.10. The molecule has 15 heteroatoms. The van der Waals surface area contributed by atoms with E-state index in [4.69, 9.17) is 9.47 Å². The summed E-state index contributed by atoms with van der Waals surface area (Å²) in [6, 6.07) is 5.00. The van der Waals surface area contributed by atoms with Gasteiger partial charge in [0.25, 0.3) is 5.91 Å². The van der Waals surface area contributed by atoms with Crippen molar-refractivity contribution in [1.82, 2.24) is 9.97 Å². The highest BCUT2D eigenvalue weighted by molar-refractivity contribution is 6.09. The smallest absolute Gasteiger partial charge is 0.493 e. The maximum atomic E-state index is 13.6. The Hall–Kier alpha value is -4.56. The van der Waals surface area contributed by atoms with E-state index >= 15 is 0 Å². The number of methoxy groups -OCH3 is 2. The number of anilines is 1. The number of rotatable bonds is 7. The fourth-order valence-corrected chi connectivity index (χ4v) is 3.07. The van der Waals surface area contributed by atoms with Crippen LogP contribution in [0.4, 0.5) is 32.0 Å². The normalized spacial score (nSPS) is 11.5. The molecule has 202 valence electrons. The number of alkyl halides is 6. The van der Waals surface area contributed by atoms with E-state index in [1.165, 1.54) is 13.1 Å². The standard InChI is InChI=1S/C23H17F6N3O6/c1-11-9-30-15(21(34)36-3)8-14(11)32-20(33)17-16(10-31-19(18(17)35-2)22(24,25)26)37-12-4-6-13(7-5-12)38-23(27,28)29/h4-10H,1-3H3,(H,30,32,33). The third kappa shape index (κ3) is 6.60. The number of aryl methyl sites for hydroxylation is 1. The third-order valence-electron chi connectivity index (χ3n) is 4.73. The van der Waals surface area contributed by atoms with E-state index in [0.29, 0.717) is 11.8 Å². The first-order valence-corrected chi connectivity index (χ1v) is 10.3. The van der Waals surface area contributed by atoms with Crippen LogP contribution in [0, 0.1) is 6.92 Å². The summed E-state index contributed by atoms with van der Waals surface area (Å²) >= 11 is 0. The van der Waals surface area contributed by atoms with Crippen LogP contribution in [0.15, 0.2) is 42.7 Å². The first-order valence-electron chi connectivity index (χ1n) is 10.3. The highest BCUT2D eigenvalue weighted by Gasteiger charge is 2.40. The Morgan fingerprint density at radius 3 is 2.11 bits per heavy atom. The van der Waals surface area contributed by atoms with Gasteiger partial charge in [0.1, 0.15) is 22.8 Å². The van der Waals surface area contributed by atoms with Crippen LogP contribution in [0.25, 0.3) is 0 Å². The van der Waals surface area contributed by atoms with E-state index in [9.17, 15) is 35.9 Å². The van der Waals surface area contributed by atoms with E-state index in [1.54, 1.807) is 0 Å². The quantitative estimate of drug-likeness (QED) is 0.305. The molecule has 3 aromatic rings. The molecule has 38 heavy (non-hydrogen) atoms. The molecule has 0 saturated heterocycles. The molecule has 0 unspecified atom stereocenters. The summed E-state index contributed by atoms with van der Waals surface area (Å²) in [6.45, 7) is 1.51. The second-order valence-corrected chi connectivity index (χ2v) is 7.33. The molecule has 0 aliphatic heterocycles. The van der Waals surface area contributed by atoms with Gasteiger partial charge >= 0.3 is 18.5 Å². The fourth-order valence-electron chi connectivity index (χ4n) is 3.07. The van der Waals surface area contributed by atoms with E-state index in [2.05, 4.69) is 24.8 Å². The van der Waals surface area contributed by atoms with Crippen molar-refractivity contribution in [3.63, 3.8) is 0 Å². The van der Waals surface area contributed by atoms with E-state index in [0.717, 1.165) is 44.6 Å². The number of ether oxygens (including phenoxy) is 4. The molecule has 0 fully saturated rings. The minimum absolute atomic E-state index is 0.0115. The number of esters is 1. The van der Waals surface area contributed by atoms with Crippen LogP contribution in [0.1, 0.15) is 32.1 Å². The maximum absolute atomic E-state index is 13.6. The summed E-state index contributed by atoms with van der Waals surface area (Å²) in [7, 11) is 1.98. The highest BCUT2D eigenvalue weighted by atomic mass is 19.4. The number of nitrogens with one attached hydrogen (secondary N) is 1. The van der Waals surface area contributed by atoms with Crippen molar-refractivity contribution in [3.05, 3.63) is 65.2 Å². The van der Waals surface area contributed by atoms with Crippen molar-refractivity contribution < 1.29 is 54.9 Å². The van der Waals surface area contributed by atoms with Gasteiger partial charge in [0.2, 0.25) is 0 Å². The summed E-state index contributed by atoms with van der Waals surface area (Å²) in [5, 5.41) is 2.37. The number of carbonyl (C=O) groups is 2. The molecule has 2 aromatic heterocycles. The third-order valence-corrected chi connectivity index (χ3v) is 4.73. The molecule has 0 aliphatic rings. The van der Waals surface area contributed by atoms with Crippen molar-refractivity contribution in [3.8, 4) is 23.0 Å². The van der Waals surface area contributed by atoms with Crippen molar-refractivity contribution >= 4 is 17.6 Å². The number of hydrogen-bond acceptors (Lipinski definition) is 8. The number of nitrogens with zero attached hydrogens (tertiary/aromatic N) is 2. The molecule has 0 bridgehead atoms. The van der Waals surface area contributed by atoms with E-state index < -0.39 is 52.9 Å². The average molecular weight is 545 g/mol. The predicted octanol–water partition coefficient (Wildman–Crippen LogP) is 5.54. The molecule has 0 spiro atoms. The van der Waals surface area contributed by atoms with Crippen molar-refractivity contribution in [2.24, 2.45) is 0 Å². The number of hydrogen-bond donors (Lipinski definition) is 1. The summed E-state index contributed by atoms with van der Waals surface area (Å²) in [6.07, 6.45) is -8.13. The van der Waals surface area contributed by atoms with Crippen LogP contribution in [-0.4, -0.2) is 42.4 Å². The first kappa shape index (κ1) is 28.0. The van der Waals surface area contributed by atoms with Crippen LogP contribution < -0.4 is 19.5 Å². The van der Waals surface area contributed by atoms with Gasteiger partial charge in [0, 0.05) is 11.9 Å². The van der Waals surface area contributed by atoms with E-state index in [-0.39, 0.29) is 17.1 Å². The van der Waals surface area contributed by atoms with Gasteiger partial charge in [-0.25, -0.2) is 14.8 Å². The number of benzene rings is 1. The molecule has 2 heterocycles. The molecule has 0 saturated carbocycles.